The van der Waals surface area contributed by atoms with Crippen molar-refractivity contribution in [1.82, 2.24) is 15.1 Å². The number of aliphatic imine (C=N–C) groups is 1. The molecule has 1 fully saturated rings. The number of hydrogen-bond donors (Lipinski definition) is 1. The van der Waals surface area contributed by atoms with Crippen molar-refractivity contribution in [2.75, 3.05) is 46.9 Å². The van der Waals surface area contributed by atoms with E-state index >= 15 is 0 Å². The maximum absolute atomic E-state index is 6.10. The fraction of sp³-hybridized carbons (Fsp3) is 0.526. The van der Waals surface area contributed by atoms with Gasteiger partial charge in [0, 0.05) is 57.9 Å². The van der Waals surface area contributed by atoms with Crippen LogP contribution in [0.1, 0.15) is 18.1 Å². The Kier molecular flexibility index (Phi) is 8.66. The maximum atomic E-state index is 6.10. The standard InChI is InChI=1S/C19H27ClN4O.HI/c1-21-19(24-11-8-17(14-24)23-9-3-4-10-23)22-13-18(25-2)15-6-5-7-16(20)12-15;/h3-7,12,17-18H,8-11,13-14H2,1-2H3,(H,21,22);1H. The highest BCUT2D eigenvalue weighted by Gasteiger charge is 2.29. The second-order valence-corrected chi connectivity index (χ2v) is 6.96. The number of nitrogens with zero attached hydrogens (tertiary/aromatic N) is 3. The molecule has 1 aromatic carbocycles. The number of nitrogens with one attached hydrogen (secondary N) is 1. The second kappa shape index (κ2) is 10.5. The lowest BCUT2D eigenvalue weighted by Crippen LogP contribution is -2.44. The van der Waals surface area contributed by atoms with Crippen LogP contribution in [-0.4, -0.2) is 68.7 Å². The van der Waals surface area contributed by atoms with Crippen molar-refractivity contribution in [3.05, 3.63) is 47.0 Å². The van der Waals surface area contributed by atoms with Gasteiger partial charge in [-0.1, -0.05) is 35.9 Å². The van der Waals surface area contributed by atoms with Gasteiger partial charge in [0.1, 0.15) is 0 Å². The van der Waals surface area contributed by atoms with E-state index < -0.39 is 0 Å². The first-order valence-corrected chi connectivity index (χ1v) is 9.22. The molecule has 0 radical (unpaired) electrons. The van der Waals surface area contributed by atoms with Crippen LogP contribution in [0, 0.1) is 0 Å². The highest BCUT2D eigenvalue weighted by atomic mass is 127. The molecular weight excluding hydrogens is 463 g/mol. The van der Waals surface area contributed by atoms with Gasteiger partial charge < -0.3 is 15.0 Å². The number of ether oxygens (including phenoxy) is 1. The molecule has 2 atom stereocenters. The van der Waals surface area contributed by atoms with Crippen LogP contribution in [0.15, 0.2) is 41.4 Å². The summed E-state index contributed by atoms with van der Waals surface area (Å²) in [5, 5.41) is 4.19. The van der Waals surface area contributed by atoms with E-state index in [1.807, 2.05) is 31.3 Å². The van der Waals surface area contributed by atoms with Gasteiger partial charge in [0.2, 0.25) is 0 Å². The van der Waals surface area contributed by atoms with Crippen LogP contribution in [0.4, 0.5) is 0 Å². The van der Waals surface area contributed by atoms with Crippen molar-refractivity contribution >= 4 is 41.5 Å². The number of hydrogen-bond acceptors (Lipinski definition) is 3. The van der Waals surface area contributed by atoms with Crippen LogP contribution in [0.5, 0.6) is 0 Å². The first-order chi connectivity index (χ1) is 12.2. The summed E-state index contributed by atoms with van der Waals surface area (Å²) >= 11 is 6.10. The smallest absolute Gasteiger partial charge is 0.193 e. The summed E-state index contributed by atoms with van der Waals surface area (Å²) in [4.78, 5) is 9.33. The monoisotopic (exact) mass is 490 g/mol. The van der Waals surface area contributed by atoms with E-state index in [1.54, 1.807) is 7.11 Å². The van der Waals surface area contributed by atoms with E-state index in [1.165, 1.54) is 6.42 Å². The van der Waals surface area contributed by atoms with Crippen LogP contribution >= 0.6 is 35.6 Å². The zero-order valence-corrected chi connectivity index (χ0v) is 18.5. The molecule has 144 valence electrons. The third-order valence-corrected chi connectivity index (χ3v) is 5.22. The average molecular weight is 491 g/mol. The molecule has 26 heavy (non-hydrogen) atoms. The third kappa shape index (κ3) is 5.34. The lowest BCUT2D eigenvalue weighted by Gasteiger charge is -2.26. The minimum Gasteiger partial charge on any atom is -0.375 e. The summed E-state index contributed by atoms with van der Waals surface area (Å²) in [5.74, 6) is 0.943. The van der Waals surface area contributed by atoms with E-state index in [0.29, 0.717) is 12.6 Å². The van der Waals surface area contributed by atoms with Gasteiger partial charge in [-0.2, -0.15) is 0 Å². The van der Waals surface area contributed by atoms with Gasteiger partial charge in [0.05, 0.1) is 6.10 Å². The normalized spacial score (nSPS) is 21.7. The largest absolute Gasteiger partial charge is 0.375 e. The van der Waals surface area contributed by atoms with E-state index in [2.05, 4.69) is 32.3 Å². The van der Waals surface area contributed by atoms with E-state index in [0.717, 1.165) is 42.7 Å². The second-order valence-electron chi connectivity index (χ2n) is 6.52. The molecule has 0 spiro atoms. The van der Waals surface area contributed by atoms with Gasteiger partial charge >= 0.3 is 0 Å². The lowest BCUT2D eigenvalue weighted by atomic mass is 10.1. The number of rotatable bonds is 5. The van der Waals surface area contributed by atoms with Crippen molar-refractivity contribution in [3.63, 3.8) is 0 Å². The molecule has 2 aliphatic heterocycles. The number of methoxy groups -OCH3 is 1. The summed E-state index contributed by atoms with van der Waals surface area (Å²) in [6.07, 6.45) is 5.63. The molecule has 0 aliphatic carbocycles. The van der Waals surface area contributed by atoms with E-state index in [9.17, 15) is 0 Å². The molecule has 2 aliphatic rings. The zero-order chi connectivity index (χ0) is 17.6. The van der Waals surface area contributed by atoms with Gasteiger partial charge in [0.25, 0.3) is 0 Å². The Hall–Kier alpha value is -0.830. The SMILES string of the molecule is CN=C(NCC(OC)c1cccc(Cl)c1)N1CCC(N2CC=CC2)C1.I. The van der Waals surface area contributed by atoms with Gasteiger partial charge in [0.15, 0.2) is 5.96 Å². The van der Waals surface area contributed by atoms with Crippen molar-refractivity contribution < 1.29 is 4.74 Å². The Morgan fingerprint density at radius 3 is 2.81 bits per heavy atom. The van der Waals surface area contributed by atoms with Crippen LogP contribution in [-0.2, 0) is 4.74 Å². The Morgan fingerprint density at radius 2 is 2.15 bits per heavy atom. The fourth-order valence-electron chi connectivity index (χ4n) is 3.59. The number of halogens is 2. The summed E-state index contributed by atoms with van der Waals surface area (Å²) in [6.45, 7) is 4.87. The predicted octanol–water partition coefficient (Wildman–Crippen LogP) is 3.17. The lowest BCUT2D eigenvalue weighted by molar-refractivity contribution is 0.106. The fourth-order valence-corrected chi connectivity index (χ4v) is 3.78. The first-order valence-electron chi connectivity index (χ1n) is 8.84. The van der Waals surface area contributed by atoms with Gasteiger partial charge in [-0.15, -0.1) is 24.0 Å². The Morgan fingerprint density at radius 1 is 1.38 bits per heavy atom. The molecule has 0 aromatic heterocycles. The molecule has 3 rings (SSSR count). The van der Waals surface area contributed by atoms with Crippen molar-refractivity contribution in [2.45, 2.75) is 18.6 Å². The molecule has 1 aromatic rings. The molecule has 0 bridgehead atoms. The Bertz CT molecular complexity index is 632. The summed E-state index contributed by atoms with van der Waals surface area (Å²) < 4.78 is 5.64. The van der Waals surface area contributed by atoms with Crippen LogP contribution in [0.25, 0.3) is 0 Å². The molecule has 7 heteroatoms. The van der Waals surface area contributed by atoms with Gasteiger partial charge in [-0.3, -0.25) is 9.89 Å². The minimum atomic E-state index is -0.0587. The third-order valence-electron chi connectivity index (χ3n) is 4.99. The molecule has 2 heterocycles. The summed E-state index contributed by atoms with van der Waals surface area (Å²) in [5.41, 5.74) is 1.07. The highest BCUT2D eigenvalue weighted by molar-refractivity contribution is 14.0. The van der Waals surface area contributed by atoms with Gasteiger partial charge in [-0.25, -0.2) is 0 Å². The average Bonchev–Trinajstić information content (AvgIpc) is 3.30. The quantitative estimate of drug-likeness (QED) is 0.298. The van der Waals surface area contributed by atoms with Crippen LogP contribution in [0.2, 0.25) is 5.02 Å². The van der Waals surface area contributed by atoms with E-state index in [4.69, 9.17) is 16.3 Å². The van der Waals surface area contributed by atoms with Crippen LogP contribution in [0.3, 0.4) is 0 Å². The Labute approximate surface area is 178 Å². The van der Waals surface area contributed by atoms with Crippen molar-refractivity contribution in [2.24, 2.45) is 4.99 Å². The topological polar surface area (TPSA) is 40.1 Å². The molecular formula is C19H28ClIN4O. The summed E-state index contributed by atoms with van der Waals surface area (Å²) in [6, 6.07) is 8.43. The molecule has 0 saturated carbocycles. The van der Waals surface area contributed by atoms with Crippen molar-refractivity contribution in [1.29, 1.82) is 0 Å². The number of benzene rings is 1. The number of guanidine groups is 1. The molecule has 0 amide bonds. The van der Waals surface area contributed by atoms with Crippen molar-refractivity contribution in [3.8, 4) is 0 Å². The molecule has 5 nitrogen and oxygen atoms in total. The molecule has 1 saturated heterocycles. The molecule has 2 unspecified atom stereocenters. The van der Waals surface area contributed by atoms with Gasteiger partial charge in [-0.05, 0) is 24.1 Å². The highest BCUT2D eigenvalue weighted by Crippen LogP contribution is 2.21. The molecule has 1 N–H and O–H groups in total. The maximum Gasteiger partial charge on any atom is 0.193 e. The summed E-state index contributed by atoms with van der Waals surface area (Å²) in [7, 11) is 3.57. The minimum absolute atomic E-state index is 0. The predicted molar refractivity (Wildman–Crippen MR) is 119 cm³/mol. The Balaban J connectivity index is 0.00000243. The number of likely N-dealkylation sites (tertiary alicyclic amines) is 1. The van der Waals surface area contributed by atoms with E-state index in [-0.39, 0.29) is 30.1 Å². The van der Waals surface area contributed by atoms with Crippen LogP contribution < -0.4 is 5.32 Å². The zero-order valence-electron chi connectivity index (χ0n) is 15.4. The first kappa shape index (κ1) is 21.5.